The molecule has 19 heavy (non-hydrogen) atoms. The fourth-order valence-electron chi connectivity index (χ4n) is 3.25. The Morgan fingerprint density at radius 3 is 2.00 bits per heavy atom. The molecule has 0 aliphatic carbocycles. The van der Waals surface area contributed by atoms with Gasteiger partial charge in [0.15, 0.2) is 0 Å². The van der Waals surface area contributed by atoms with Crippen molar-refractivity contribution < 1.29 is 9.90 Å². The van der Waals surface area contributed by atoms with Gasteiger partial charge in [0, 0.05) is 0 Å². The maximum Gasteiger partial charge on any atom is 0.310 e. The summed E-state index contributed by atoms with van der Waals surface area (Å²) in [4.78, 5) is 12.1. The molecule has 2 nitrogen and oxygen atoms in total. The molecule has 0 aliphatic rings. The second-order valence-corrected chi connectivity index (χ2v) is 8.80. The minimum atomic E-state index is -1.37. The zero-order valence-electron chi connectivity index (χ0n) is 12.4. The third-order valence-corrected chi connectivity index (χ3v) is 9.13. The largest absolute Gasteiger partial charge is 0.481 e. The molecule has 0 radical (unpaired) electrons. The second-order valence-electron chi connectivity index (χ2n) is 5.27. The second kappa shape index (κ2) is 7.48. The zero-order chi connectivity index (χ0) is 14.3. The number of aliphatic carboxylic acids is 1. The molecular formula is C16H26O2Si. The van der Waals surface area contributed by atoms with E-state index in [1.165, 1.54) is 0 Å². The van der Waals surface area contributed by atoms with Crippen LogP contribution in [0.1, 0.15) is 45.6 Å². The highest BCUT2D eigenvalue weighted by molar-refractivity contribution is 6.66. The van der Waals surface area contributed by atoms with Gasteiger partial charge in [-0.25, -0.2) is 0 Å². The van der Waals surface area contributed by atoms with Crippen molar-refractivity contribution in [3.63, 3.8) is 0 Å². The molecule has 1 aromatic carbocycles. The van der Waals surface area contributed by atoms with Crippen molar-refractivity contribution in [1.29, 1.82) is 0 Å². The van der Waals surface area contributed by atoms with E-state index in [2.05, 4.69) is 13.8 Å². The third kappa shape index (κ3) is 3.27. The predicted molar refractivity (Wildman–Crippen MR) is 83.4 cm³/mol. The van der Waals surface area contributed by atoms with E-state index in [0.717, 1.165) is 30.5 Å². The van der Waals surface area contributed by atoms with Crippen molar-refractivity contribution in [1.82, 2.24) is 0 Å². The highest BCUT2D eigenvalue weighted by Crippen LogP contribution is 2.36. The molecule has 0 aliphatic heterocycles. The zero-order valence-corrected chi connectivity index (χ0v) is 13.5. The summed E-state index contributed by atoms with van der Waals surface area (Å²) in [6, 6.07) is 12.1. The fourth-order valence-corrected chi connectivity index (χ4v) is 7.51. The van der Waals surface area contributed by atoms with Crippen LogP contribution in [0.4, 0.5) is 0 Å². The van der Waals surface area contributed by atoms with Crippen LogP contribution in [0.5, 0.6) is 0 Å². The number of carboxylic acid groups (broad SMARTS) is 1. The van der Waals surface area contributed by atoms with Gasteiger partial charge in [0.1, 0.15) is 0 Å². The summed E-state index contributed by atoms with van der Waals surface area (Å²) in [5.41, 5.74) is 1.02. The van der Waals surface area contributed by atoms with Crippen LogP contribution in [-0.2, 0) is 9.83 Å². The Kier molecular flexibility index (Phi) is 6.29. The van der Waals surface area contributed by atoms with Crippen molar-refractivity contribution in [2.75, 3.05) is 0 Å². The van der Waals surface area contributed by atoms with Gasteiger partial charge in [0.2, 0.25) is 0 Å². The molecule has 0 aromatic heterocycles. The number of hydrogen-bond acceptors (Lipinski definition) is 1. The molecule has 0 fully saturated rings. The number of hydrogen-bond donors (Lipinski definition) is 1. The Labute approximate surface area is 118 Å². The van der Waals surface area contributed by atoms with Crippen LogP contribution in [0.3, 0.4) is 0 Å². The highest BCUT2D eigenvalue weighted by Gasteiger charge is 2.45. The molecule has 0 saturated carbocycles. The van der Waals surface area contributed by atoms with Crippen LogP contribution in [0.2, 0.25) is 12.1 Å². The van der Waals surface area contributed by atoms with E-state index in [0.29, 0.717) is 6.42 Å². The molecule has 0 saturated heterocycles. The van der Waals surface area contributed by atoms with Crippen molar-refractivity contribution in [3.8, 4) is 0 Å². The van der Waals surface area contributed by atoms with Gasteiger partial charge < -0.3 is 5.11 Å². The topological polar surface area (TPSA) is 37.3 Å². The Bertz CT molecular complexity index is 385. The summed E-state index contributed by atoms with van der Waals surface area (Å²) in [7, 11) is -1.37. The van der Waals surface area contributed by atoms with E-state index >= 15 is 0 Å². The standard InChI is InChI=1S/C16H26O2Si/c1-4-12-19(13-5-2)16(6-3,15(17)18)14-10-8-7-9-11-14/h7-11,19H,4-6,12-13H2,1-3H3,(H,17,18). The van der Waals surface area contributed by atoms with Crippen LogP contribution in [0.25, 0.3) is 0 Å². The van der Waals surface area contributed by atoms with E-state index in [4.69, 9.17) is 0 Å². The molecule has 1 atom stereocenters. The van der Waals surface area contributed by atoms with Crippen LogP contribution in [0, 0.1) is 0 Å². The first-order valence-electron chi connectivity index (χ1n) is 7.42. The Balaban J connectivity index is 3.28. The number of carbonyl (C=O) groups is 1. The molecule has 3 heteroatoms. The van der Waals surface area contributed by atoms with Crippen LogP contribution in [-0.4, -0.2) is 19.9 Å². The van der Waals surface area contributed by atoms with Gasteiger partial charge in [0.25, 0.3) is 0 Å². The summed E-state index contributed by atoms with van der Waals surface area (Å²) in [6.07, 6.45) is 2.90. The lowest BCUT2D eigenvalue weighted by atomic mass is 9.95. The van der Waals surface area contributed by atoms with Gasteiger partial charge in [-0.2, -0.15) is 0 Å². The van der Waals surface area contributed by atoms with E-state index in [-0.39, 0.29) is 0 Å². The summed E-state index contributed by atoms with van der Waals surface area (Å²) < 4.78 is 0. The number of rotatable bonds is 8. The molecule has 0 spiro atoms. The van der Waals surface area contributed by atoms with E-state index in [1.807, 2.05) is 37.3 Å². The maximum atomic E-state index is 12.1. The van der Waals surface area contributed by atoms with E-state index < -0.39 is 19.8 Å². The van der Waals surface area contributed by atoms with Gasteiger partial charge in [-0.1, -0.05) is 76.0 Å². The average Bonchev–Trinajstić information content (AvgIpc) is 2.41. The normalized spacial score (nSPS) is 14.3. The molecule has 1 rings (SSSR count). The van der Waals surface area contributed by atoms with E-state index in [1.54, 1.807) is 0 Å². The molecule has 0 heterocycles. The monoisotopic (exact) mass is 278 g/mol. The highest BCUT2D eigenvalue weighted by atomic mass is 28.3. The Morgan fingerprint density at radius 2 is 1.63 bits per heavy atom. The summed E-state index contributed by atoms with van der Waals surface area (Å²) in [5.74, 6) is -0.611. The quantitative estimate of drug-likeness (QED) is 0.730. The van der Waals surface area contributed by atoms with Crippen LogP contribution >= 0.6 is 0 Å². The summed E-state index contributed by atoms with van der Waals surface area (Å²) in [5, 5.41) is 9.35. The molecule has 1 N–H and O–H groups in total. The van der Waals surface area contributed by atoms with Crippen molar-refractivity contribution >= 4 is 14.8 Å². The van der Waals surface area contributed by atoms with Gasteiger partial charge >= 0.3 is 5.97 Å². The molecule has 106 valence electrons. The molecular weight excluding hydrogens is 252 g/mol. The number of carboxylic acids is 1. The first kappa shape index (κ1) is 16.0. The van der Waals surface area contributed by atoms with Crippen molar-refractivity contribution in [2.45, 2.75) is 57.2 Å². The lowest BCUT2D eigenvalue weighted by Crippen LogP contribution is -2.49. The summed E-state index contributed by atoms with van der Waals surface area (Å²) in [6.45, 7) is 6.37. The first-order chi connectivity index (χ1) is 9.13. The van der Waals surface area contributed by atoms with Gasteiger partial charge in [-0.15, -0.1) is 0 Å². The van der Waals surface area contributed by atoms with E-state index in [9.17, 15) is 9.90 Å². The molecule has 1 aromatic rings. The minimum absolute atomic E-state index is 0.590. The average molecular weight is 278 g/mol. The van der Waals surface area contributed by atoms with Gasteiger partial charge in [0.05, 0.1) is 13.8 Å². The van der Waals surface area contributed by atoms with Crippen molar-refractivity contribution in [3.05, 3.63) is 35.9 Å². The lowest BCUT2D eigenvalue weighted by Gasteiger charge is -2.36. The molecule has 0 bridgehead atoms. The minimum Gasteiger partial charge on any atom is -0.481 e. The maximum absolute atomic E-state index is 12.1. The van der Waals surface area contributed by atoms with Gasteiger partial charge in [-0.3, -0.25) is 4.79 Å². The predicted octanol–water partition coefficient (Wildman–Crippen LogP) is 4.01. The SMILES string of the molecule is CCC[SiH](CCC)C(CC)(C(=O)O)c1ccccc1. The Hall–Kier alpha value is -1.09. The smallest absolute Gasteiger partial charge is 0.310 e. The Morgan fingerprint density at radius 1 is 1.11 bits per heavy atom. The molecule has 1 unspecified atom stereocenters. The van der Waals surface area contributed by atoms with Crippen LogP contribution < -0.4 is 0 Å². The first-order valence-corrected chi connectivity index (χ1v) is 9.63. The third-order valence-electron chi connectivity index (χ3n) is 4.20. The summed E-state index contributed by atoms with van der Waals surface area (Å²) >= 11 is 0. The van der Waals surface area contributed by atoms with Crippen molar-refractivity contribution in [2.24, 2.45) is 0 Å². The fraction of sp³-hybridized carbons (Fsp3) is 0.562. The lowest BCUT2D eigenvalue weighted by molar-refractivity contribution is -0.140. The van der Waals surface area contributed by atoms with Gasteiger partial charge in [-0.05, 0) is 12.0 Å². The van der Waals surface area contributed by atoms with Crippen LogP contribution in [0.15, 0.2) is 30.3 Å². The number of benzene rings is 1. The molecule has 0 amide bonds.